The normalized spacial score (nSPS) is 25.7. The summed E-state index contributed by atoms with van der Waals surface area (Å²) in [6.07, 6.45) is 7.26. The number of unbranched alkanes of at least 4 members (excludes halogenated alkanes) is 1. The standard InChI is InChI=1S/C22H29ClO6/c23-15-6-5-7-17(12-15)29-14-16(24)10-11-19-18(20(25)13-21(19)26)8-3-1-2-4-9-22(27)28/h1,3,5-7,10-12,16,18-21,24-26H,2,4,8-9,13-14H2,(H,27,28)/b3-1?,11-10+/t16-,18+,19+,20-,21+/m1/s1. The summed E-state index contributed by atoms with van der Waals surface area (Å²) in [6, 6.07) is 6.90. The van der Waals surface area contributed by atoms with E-state index in [1.54, 1.807) is 36.4 Å². The number of carboxylic acids is 1. The van der Waals surface area contributed by atoms with E-state index in [9.17, 15) is 20.1 Å². The van der Waals surface area contributed by atoms with Gasteiger partial charge in [0.1, 0.15) is 18.5 Å². The first-order valence-corrected chi connectivity index (χ1v) is 10.2. The minimum Gasteiger partial charge on any atom is -0.491 e. The van der Waals surface area contributed by atoms with Crippen molar-refractivity contribution in [3.8, 4) is 5.75 Å². The SMILES string of the molecule is O=C(O)CCCC=CC[C@H]1[C@H](/C=C/[C@@H](O)COc2cccc(Cl)c2)[C@@H](O)C[C@H]1O. The number of aliphatic hydroxyl groups excluding tert-OH is 3. The number of hydrogen-bond acceptors (Lipinski definition) is 5. The van der Waals surface area contributed by atoms with E-state index in [0.717, 1.165) is 0 Å². The second-order valence-electron chi connectivity index (χ2n) is 7.33. The molecule has 7 heteroatoms. The maximum absolute atomic E-state index is 10.5. The fourth-order valence-corrected chi connectivity index (χ4v) is 3.68. The van der Waals surface area contributed by atoms with Gasteiger partial charge in [-0.3, -0.25) is 4.79 Å². The van der Waals surface area contributed by atoms with Crippen molar-refractivity contribution in [3.05, 3.63) is 53.6 Å². The Morgan fingerprint density at radius 3 is 2.79 bits per heavy atom. The molecular weight excluding hydrogens is 396 g/mol. The molecule has 160 valence electrons. The maximum atomic E-state index is 10.5. The van der Waals surface area contributed by atoms with E-state index in [2.05, 4.69) is 0 Å². The lowest BCUT2D eigenvalue weighted by molar-refractivity contribution is -0.137. The van der Waals surface area contributed by atoms with Crippen LogP contribution in [0, 0.1) is 11.8 Å². The lowest BCUT2D eigenvalue weighted by Gasteiger charge is -2.19. The predicted molar refractivity (Wildman–Crippen MR) is 111 cm³/mol. The fourth-order valence-electron chi connectivity index (χ4n) is 3.50. The number of carbonyl (C=O) groups is 1. The van der Waals surface area contributed by atoms with Crippen LogP contribution in [0.4, 0.5) is 0 Å². The van der Waals surface area contributed by atoms with Gasteiger partial charge in [0.15, 0.2) is 0 Å². The first-order chi connectivity index (χ1) is 13.9. The molecule has 29 heavy (non-hydrogen) atoms. The van der Waals surface area contributed by atoms with Crippen molar-refractivity contribution >= 4 is 17.6 Å². The Morgan fingerprint density at radius 1 is 1.28 bits per heavy atom. The van der Waals surface area contributed by atoms with Crippen molar-refractivity contribution < 1.29 is 30.0 Å². The van der Waals surface area contributed by atoms with E-state index in [1.165, 1.54) is 0 Å². The molecule has 0 bridgehead atoms. The molecule has 1 aromatic rings. The van der Waals surface area contributed by atoms with E-state index < -0.39 is 24.3 Å². The molecule has 0 amide bonds. The minimum absolute atomic E-state index is 0.0519. The van der Waals surface area contributed by atoms with E-state index in [4.69, 9.17) is 21.4 Å². The van der Waals surface area contributed by atoms with Gasteiger partial charge in [0, 0.05) is 23.8 Å². The van der Waals surface area contributed by atoms with Crippen LogP contribution >= 0.6 is 11.6 Å². The predicted octanol–water partition coefficient (Wildman–Crippen LogP) is 3.20. The average molecular weight is 425 g/mol. The molecule has 0 unspecified atom stereocenters. The highest BCUT2D eigenvalue weighted by Gasteiger charge is 2.39. The van der Waals surface area contributed by atoms with E-state index >= 15 is 0 Å². The molecule has 1 saturated carbocycles. The Hall–Kier alpha value is -1.86. The van der Waals surface area contributed by atoms with E-state index in [1.807, 2.05) is 12.2 Å². The Bertz CT molecular complexity index is 704. The number of aliphatic carboxylic acids is 1. The molecule has 1 aliphatic carbocycles. The number of rotatable bonds is 11. The van der Waals surface area contributed by atoms with Crippen LogP contribution in [0.5, 0.6) is 5.75 Å². The fraction of sp³-hybridized carbons (Fsp3) is 0.500. The summed E-state index contributed by atoms with van der Waals surface area (Å²) in [7, 11) is 0. The Kier molecular flexibility index (Phi) is 9.67. The third-order valence-electron chi connectivity index (χ3n) is 5.02. The molecule has 1 aromatic carbocycles. The molecule has 0 radical (unpaired) electrons. The highest BCUT2D eigenvalue weighted by atomic mass is 35.5. The second-order valence-corrected chi connectivity index (χ2v) is 7.76. The van der Waals surface area contributed by atoms with Crippen molar-refractivity contribution in [3.63, 3.8) is 0 Å². The summed E-state index contributed by atoms with van der Waals surface area (Å²) in [6.45, 7) is 0.0519. The molecule has 6 nitrogen and oxygen atoms in total. The van der Waals surface area contributed by atoms with Crippen LogP contribution in [0.2, 0.25) is 5.02 Å². The summed E-state index contributed by atoms with van der Waals surface area (Å²) in [5.74, 6) is -0.671. The number of ether oxygens (including phenoxy) is 1. The zero-order chi connectivity index (χ0) is 21.2. The van der Waals surface area contributed by atoms with Gasteiger partial charge in [-0.2, -0.15) is 0 Å². The first kappa shape index (κ1) is 23.4. The first-order valence-electron chi connectivity index (χ1n) is 9.84. The second kappa shape index (κ2) is 12.0. The van der Waals surface area contributed by atoms with Gasteiger partial charge in [-0.05, 0) is 43.4 Å². The van der Waals surface area contributed by atoms with Crippen molar-refractivity contribution in [2.75, 3.05) is 6.61 Å². The van der Waals surface area contributed by atoms with Gasteiger partial charge in [0.05, 0.1) is 12.2 Å². The summed E-state index contributed by atoms with van der Waals surface area (Å²) >= 11 is 5.90. The van der Waals surface area contributed by atoms with Gasteiger partial charge in [-0.15, -0.1) is 0 Å². The van der Waals surface area contributed by atoms with Crippen molar-refractivity contribution in [2.45, 2.75) is 50.4 Å². The molecule has 2 rings (SSSR count). The third kappa shape index (κ3) is 8.19. The molecule has 1 aliphatic rings. The number of carboxylic acid groups (broad SMARTS) is 1. The van der Waals surface area contributed by atoms with Crippen molar-refractivity contribution in [2.24, 2.45) is 11.8 Å². The number of benzene rings is 1. The zero-order valence-corrected chi connectivity index (χ0v) is 17.0. The highest BCUT2D eigenvalue weighted by Crippen LogP contribution is 2.36. The van der Waals surface area contributed by atoms with Gasteiger partial charge >= 0.3 is 5.97 Å². The van der Waals surface area contributed by atoms with Gasteiger partial charge in [-0.1, -0.05) is 42.0 Å². The van der Waals surface area contributed by atoms with Crippen molar-refractivity contribution in [1.29, 1.82) is 0 Å². The molecule has 4 N–H and O–H groups in total. The Labute approximate surface area is 176 Å². The average Bonchev–Trinajstić information content (AvgIpc) is 2.93. The summed E-state index contributed by atoms with van der Waals surface area (Å²) in [4.78, 5) is 10.5. The largest absolute Gasteiger partial charge is 0.491 e. The lowest BCUT2D eigenvalue weighted by atomic mass is 9.89. The van der Waals surface area contributed by atoms with Crippen LogP contribution in [0.25, 0.3) is 0 Å². The summed E-state index contributed by atoms with van der Waals surface area (Å²) in [5, 5.41) is 39.8. The summed E-state index contributed by atoms with van der Waals surface area (Å²) < 4.78 is 5.51. The van der Waals surface area contributed by atoms with Gasteiger partial charge in [-0.25, -0.2) is 0 Å². The van der Waals surface area contributed by atoms with Gasteiger partial charge < -0.3 is 25.2 Å². The van der Waals surface area contributed by atoms with Crippen LogP contribution in [0.15, 0.2) is 48.6 Å². The monoisotopic (exact) mass is 424 g/mol. The Balaban J connectivity index is 1.83. The molecule has 0 heterocycles. The number of halogens is 1. The topological polar surface area (TPSA) is 107 Å². The molecule has 5 atom stereocenters. The van der Waals surface area contributed by atoms with E-state index in [-0.39, 0.29) is 24.9 Å². The third-order valence-corrected chi connectivity index (χ3v) is 5.26. The van der Waals surface area contributed by atoms with Crippen LogP contribution in [0.1, 0.15) is 32.1 Å². The molecule has 1 fully saturated rings. The molecule has 0 spiro atoms. The number of hydrogen-bond donors (Lipinski definition) is 4. The molecular formula is C22H29ClO6. The van der Waals surface area contributed by atoms with Gasteiger partial charge in [0.25, 0.3) is 0 Å². The Morgan fingerprint density at radius 2 is 2.07 bits per heavy atom. The molecule has 0 aromatic heterocycles. The molecule has 0 aliphatic heterocycles. The van der Waals surface area contributed by atoms with Crippen LogP contribution < -0.4 is 4.74 Å². The minimum atomic E-state index is -0.855. The maximum Gasteiger partial charge on any atom is 0.303 e. The quantitative estimate of drug-likeness (QED) is 0.321. The summed E-state index contributed by atoms with van der Waals surface area (Å²) in [5.41, 5.74) is 0. The van der Waals surface area contributed by atoms with Crippen LogP contribution in [0.3, 0.4) is 0 Å². The van der Waals surface area contributed by atoms with Crippen molar-refractivity contribution in [1.82, 2.24) is 0 Å². The smallest absolute Gasteiger partial charge is 0.303 e. The highest BCUT2D eigenvalue weighted by molar-refractivity contribution is 6.30. The molecule has 0 saturated heterocycles. The number of allylic oxidation sites excluding steroid dienone is 2. The van der Waals surface area contributed by atoms with Gasteiger partial charge in [0.2, 0.25) is 0 Å². The van der Waals surface area contributed by atoms with Crippen LogP contribution in [-0.4, -0.2) is 51.3 Å². The lowest BCUT2D eigenvalue weighted by Crippen LogP contribution is -2.21. The number of aliphatic hydroxyl groups is 3. The van der Waals surface area contributed by atoms with Crippen LogP contribution in [-0.2, 0) is 4.79 Å². The zero-order valence-electron chi connectivity index (χ0n) is 16.2. The van der Waals surface area contributed by atoms with E-state index in [0.29, 0.717) is 36.5 Å².